The highest BCUT2D eigenvalue weighted by Gasteiger charge is 2.42. The molecule has 1 aliphatic heterocycles. The summed E-state index contributed by atoms with van der Waals surface area (Å²) in [5.74, 6) is -0.911. The van der Waals surface area contributed by atoms with Crippen LogP contribution in [0.5, 0.6) is 0 Å². The highest BCUT2D eigenvalue weighted by molar-refractivity contribution is 5.81. The summed E-state index contributed by atoms with van der Waals surface area (Å²) in [6.07, 6.45) is 1.18. The van der Waals surface area contributed by atoms with Crippen LogP contribution in [-0.4, -0.2) is 41.5 Å². The van der Waals surface area contributed by atoms with Crippen molar-refractivity contribution in [2.24, 2.45) is 17.1 Å². The summed E-state index contributed by atoms with van der Waals surface area (Å²) >= 11 is 0. The standard InChI is InChI=1S/C11H20N2O3/c1-8(3-5-12)9(14)13-6-4-11(2,7-13)10(15)16/h8H,3-7,12H2,1-2H3,(H,15,16). The molecule has 16 heavy (non-hydrogen) atoms. The van der Waals surface area contributed by atoms with Crippen molar-refractivity contribution in [1.29, 1.82) is 0 Å². The Balaban J connectivity index is 2.59. The molecular weight excluding hydrogens is 208 g/mol. The van der Waals surface area contributed by atoms with Gasteiger partial charge in [-0.1, -0.05) is 6.92 Å². The molecule has 1 heterocycles. The molecule has 1 saturated heterocycles. The first-order valence-electron chi connectivity index (χ1n) is 5.63. The number of carbonyl (C=O) groups is 2. The van der Waals surface area contributed by atoms with E-state index in [-0.39, 0.29) is 11.8 Å². The Morgan fingerprint density at radius 2 is 2.19 bits per heavy atom. The lowest BCUT2D eigenvalue weighted by atomic mass is 9.90. The molecule has 5 nitrogen and oxygen atoms in total. The molecule has 2 atom stereocenters. The maximum atomic E-state index is 11.9. The second-order valence-corrected chi connectivity index (χ2v) is 4.85. The number of carboxylic acids is 1. The van der Waals surface area contributed by atoms with Gasteiger partial charge in [0.1, 0.15) is 0 Å². The molecule has 92 valence electrons. The number of hydrogen-bond donors (Lipinski definition) is 2. The highest BCUT2D eigenvalue weighted by Crippen LogP contribution is 2.31. The molecule has 1 amide bonds. The number of carbonyl (C=O) groups excluding carboxylic acids is 1. The molecule has 2 unspecified atom stereocenters. The molecule has 0 radical (unpaired) electrons. The van der Waals surface area contributed by atoms with Gasteiger partial charge in [-0.15, -0.1) is 0 Å². The van der Waals surface area contributed by atoms with Crippen molar-refractivity contribution in [3.8, 4) is 0 Å². The number of aliphatic carboxylic acids is 1. The molecular formula is C11H20N2O3. The van der Waals surface area contributed by atoms with E-state index in [2.05, 4.69) is 0 Å². The van der Waals surface area contributed by atoms with Crippen LogP contribution in [0.4, 0.5) is 0 Å². The van der Waals surface area contributed by atoms with Crippen LogP contribution in [0.15, 0.2) is 0 Å². The fourth-order valence-electron chi connectivity index (χ4n) is 2.01. The Morgan fingerprint density at radius 1 is 1.56 bits per heavy atom. The van der Waals surface area contributed by atoms with E-state index in [1.54, 1.807) is 11.8 Å². The normalized spacial score (nSPS) is 26.8. The fraction of sp³-hybridized carbons (Fsp3) is 0.818. The summed E-state index contributed by atoms with van der Waals surface area (Å²) < 4.78 is 0. The number of likely N-dealkylation sites (tertiary alicyclic amines) is 1. The second-order valence-electron chi connectivity index (χ2n) is 4.85. The van der Waals surface area contributed by atoms with E-state index in [1.807, 2.05) is 6.92 Å². The average Bonchev–Trinajstić information content (AvgIpc) is 2.61. The maximum Gasteiger partial charge on any atom is 0.311 e. The third-order valence-corrected chi connectivity index (χ3v) is 3.32. The predicted molar refractivity (Wildman–Crippen MR) is 59.8 cm³/mol. The van der Waals surface area contributed by atoms with Gasteiger partial charge in [-0.25, -0.2) is 0 Å². The number of nitrogens with two attached hydrogens (primary N) is 1. The number of rotatable bonds is 4. The van der Waals surface area contributed by atoms with E-state index in [4.69, 9.17) is 10.8 Å². The van der Waals surface area contributed by atoms with Crippen LogP contribution in [-0.2, 0) is 9.59 Å². The van der Waals surface area contributed by atoms with Crippen molar-refractivity contribution in [1.82, 2.24) is 4.90 Å². The van der Waals surface area contributed by atoms with Gasteiger partial charge < -0.3 is 15.7 Å². The van der Waals surface area contributed by atoms with Crippen molar-refractivity contribution in [3.05, 3.63) is 0 Å². The van der Waals surface area contributed by atoms with Crippen LogP contribution < -0.4 is 5.73 Å². The Kier molecular flexibility index (Phi) is 3.91. The largest absolute Gasteiger partial charge is 0.481 e. The van der Waals surface area contributed by atoms with E-state index < -0.39 is 11.4 Å². The number of carboxylic acid groups (broad SMARTS) is 1. The topological polar surface area (TPSA) is 83.6 Å². The van der Waals surface area contributed by atoms with Crippen molar-refractivity contribution in [2.45, 2.75) is 26.7 Å². The predicted octanol–water partition coefficient (Wildman–Crippen LogP) is 0.295. The Hall–Kier alpha value is -1.10. The maximum absolute atomic E-state index is 11.9. The molecule has 0 saturated carbocycles. The van der Waals surface area contributed by atoms with Crippen molar-refractivity contribution >= 4 is 11.9 Å². The summed E-state index contributed by atoms with van der Waals surface area (Å²) in [5, 5.41) is 9.06. The zero-order valence-electron chi connectivity index (χ0n) is 9.90. The van der Waals surface area contributed by atoms with Crippen molar-refractivity contribution in [3.63, 3.8) is 0 Å². The van der Waals surface area contributed by atoms with Gasteiger partial charge in [0.15, 0.2) is 0 Å². The Morgan fingerprint density at radius 3 is 2.62 bits per heavy atom. The third-order valence-electron chi connectivity index (χ3n) is 3.32. The van der Waals surface area contributed by atoms with Gasteiger partial charge in [0.2, 0.25) is 5.91 Å². The smallest absolute Gasteiger partial charge is 0.311 e. The molecule has 5 heteroatoms. The first-order valence-corrected chi connectivity index (χ1v) is 5.63. The first kappa shape index (κ1) is 13.0. The van der Waals surface area contributed by atoms with Gasteiger partial charge in [0.05, 0.1) is 5.41 Å². The van der Waals surface area contributed by atoms with E-state index in [0.29, 0.717) is 32.5 Å². The molecule has 1 aliphatic rings. The summed E-state index contributed by atoms with van der Waals surface area (Å²) in [5.41, 5.74) is 4.62. The van der Waals surface area contributed by atoms with Crippen LogP contribution in [0.2, 0.25) is 0 Å². The summed E-state index contributed by atoms with van der Waals surface area (Å²) in [7, 11) is 0. The minimum atomic E-state index is -0.825. The lowest BCUT2D eigenvalue weighted by molar-refractivity contribution is -0.147. The quantitative estimate of drug-likeness (QED) is 0.724. The molecule has 1 rings (SSSR count). The van der Waals surface area contributed by atoms with Gasteiger partial charge in [-0.3, -0.25) is 9.59 Å². The van der Waals surface area contributed by atoms with Crippen molar-refractivity contribution < 1.29 is 14.7 Å². The summed E-state index contributed by atoms with van der Waals surface area (Å²) in [6.45, 7) is 4.87. The Bertz CT molecular complexity index is 293. The SMILES string of the molecule is CC(CCN)C(=O)N1CCC(C)(C(=O)O)C1. The molecule has 0 aromatic carbocycles. The number of hydrogen-bond acceptors (Lipinski definition) is 3. The lowest BCUT2D eigenvalue weighted by Gasteiger charge is -2.22. The van der Waals surface area contributed by atoms with Gasteiger partial charge in [0, 0.05) is 19.0 Å². The number of nitrogens with zero attached hydrogens (tertiary/aromatic N) is 1. The molecule has 0 aromatic rings. The van der Waals surface area contributed by atoms with Gasteiger partial charge in [-0.05, 0) is 26.3 Å². The van der Waals surface area contributed by atoms with Gasteiger partial charge in [0.25, 0.3) is 0 Å². The molecule has 0 aliphatic carbocycles. The zero-order valence-corrected chi connectivity index (χ0v) is 9.90. The van der Waals surface area contributed by atoms with E-state index >= 15 is 0 Å². The lowest BCUT2D eigenvalue weighted by Crippen LogP contribution is -2.37. The van der Waals surface area contributed by atoms with Crippen LogP contribution >= 0.6 is 0 Å². The summed E-state index contributed by atoms with van der Waals surface area (Å²) in [6, 6.07) is 0. The molecule has 0 bridgehead atoms. The summed E-state index contributed by atoms with van der Waals surface area (Å²) in [4.78, 5) is 24.6. The van der Waals surface area contributed by atoms with Crippen molar-refractivity contribution in [2.75, 3.05) is 19.6 Å². The average molecular weight is 228 g/mol. The zero-order chi connectivity index (χ0) is 12.3. The van der Waals surface area contributed by atoms with E-state index in [0.717, 1.165) is 0 Å². The molecule has 0 aromatic heterocycles. The first-order chi connectivity index (χ1) is 7.40. The van der Waals surface area contributed by atoms with E-state index in [1.165, 1.54) is 0 Å². The monoisotopic (exact) mass is 228 g/mol. The minimum Gasteiger partial charge on any atom is -0.481 e. The molecule has 1 fully saturated rings. The molecule has 0 spiro atoms. The van der Waals surface area contributed by atoms with Crippen LogP contribution in [0.25, 0.3) is 0 Å². The van der Waals surface area contributed by atoms with E-state index in [9.17, 15) is 9.59 Å². The third kappa shape index (κ3) is 2.52. The van der Waals surface area contributed by atoms with Gasteiger partial charge >= 0.3 is 5.97 Å². The molecule has 3 N–H and O–H groups in total. The van der Waals surface area contributed by atoms with Crippen LogP contribution in [0.1, 0.15) is 26.7 Å². The van der Waals surface area contributed by atoms with Crippen LogP contribution in [0.3, 0.4) is 0 Å². The highest BCUT2D eigenvalue weighted by atomic mass is 16.4. The Labute approximate surface area is 95.6 Å². The van der Waals surface area contributed by atoms with Gasteiger partial charge in [-0.2, -0.15) is 0 Å². The minimum absolute atomic E-state index is 0.0235. The fourth-order valence-corrected chi connectivity index (χ4v) is 2.01. The van der Waals surface area contributed by atoms with Crippen LogP contribution in [0, 0.1) is 11.3 Å². The number of amides is 1. The second kappa shape index (κ2) is 4.82.